The molecule has 0 unspecified atom stereocenters. The first-order valence-corrected chi connectivity index (χ1v) is 7.14. The molecule has 0 saturated heterocycles. The van der Waals surface area contributed by atoms with Crippen molar-refractivity contribution in [3.8, 4) is 0 Å². The summed E-state index contributed by atoms with van der Waals surface area (Å²) in [4.78, 5) is 15.7. The van der Waals surface area contributed by atoms with E-state index in [2.05, 4.69) is 11.9 Å². The van der Waals surface area contributed by atoms with Gasteiger partial charge in [-0.05, 0) is 43.4 Å². The smallest absolute Gasteiger partial charge is 0.272 e. The molecule has 0 aromatic carbocycles. The number of hydrogen-bond donors (Lipinski definition) is 1. The molecule has 0 aliphatic heterocycles. The van der Waals surface area contributed by atoms with Crippen LogP contribution in [-0.2, 0) is 5.54 Å². The first-order chi connectivity index (χ1) is 8.12. The van der Waals surface area contributed by atoms with E-state index in [9.17, 15) is 4.79 Å². The molecule has 2 heterocycles. The maximum atomic E-state index is 12.5. The van der Waals surface area contributed by atoms with Gasteiger partial charge in [0.1, 0.15) is 4.70 Å². The third kappa shape index (κ3) is 1.60. The summed E-state index contributed by atoms with van der Waals surface area (Å²) < 4.78 is 3.14. The van der Waals surface area contributed by atoms with Gasteiger partial charge in [0.15, 0.2) is 4.77 Å². The summed E-state index contributed by atoms with van der Waals surface area (Å²) >= 11 is 6.84. The fourth-order valence-corrected chi connectivity index (χ4v) is 3.98. The molecule has 90 valence electrons. The number of aromatic nitrogens is 2. The van der Waals surface area contributed by atoms with Crippen molar-refractivity contribution >= 4 is 33.8 Å². The molecular formula is C12H14N2OS2. The molecule has 0 radical (unpaired) electrons. The lowest BCUT2D eigenvalue weighted by Gasteiger charge is -2.26. The van der Waals surface area contributed by atoms with E-state index >= 15 is 0 Å². The molecule has 1 N–H and O–H groups in total. The summed E-state index contributed by atoms with van der Waals surface area (Å²) in [5.41, 5.74) is 0.842. The summed E-state index contributed by atoms with van der Waals surface area (Å²) in [6, 6.07) is 1.92. The number of thiophene rings is 1. The Kier molecular flexibility index (Phi) is 2.48. The number of nitrogens with zero attached hydrogens (tertiary/aromatic N) is 1. The normalized spacial score (nSPS) is 18.9. The summed E-state index contributed by atoms with van der Waals surface area (Å²) in [6.45, 7) is 2.14. The molecule has 1 aliphatic carbocycles. The Labute approximate surface area is 108 Å². The fraction of sp³-hybridized carbons (Fsp3) is 0.500. The number of hydrogen-bond acceptors (Lipinski definition) is 3. The van der Waals surface area contributed by atoms with Crippen molar-refractivity contribution in [3.63, 3.8) is 0 Å². The van der Waals surface area contributed by atoms with Crippen molar-refractivity contribution in [3.05, 3.63) is 26.6 Å². The van der Waals surface area contributed by atoms with E-state index in [-0.39, 0.29) is 11.1 Å². The van der Waals surface area contributed by atoms with Crippen LogP contribution in [0.2, 0.25) is 0 Å². The van der Waals surface area contributed by atoms with E-state index in [0.29, 0.717) is 4.77 Å². The number of H-pyrrole nitrogens is 1. The highest BCUT2D eigenvalue weighted by atomic mass is 32.1. The van der Waals surface area contributed by atoms with E-state index in [4.69, 9.17) is 12.2 Å². The van der Waals surface area contributed by atoms with Crippen LogP contribution in [0.4, 0.5) is 0 Å². The van der Waals surface area contributed by atoms with Crippen LogP contribution in [0, 0.1) is 4.77 Å². The van der Waals surface area contributed by atoms with Gasteiger partial charge in [0.2, 0.25) is 0 Å². The Balaban J connectivity index is 2.36. The third-order valence-electron chi connectivity index (χ3n) is 3.73. The summed E-state index contributed by atoms with van der Waals surface area (Å²) in [7, 11) is 0. The second-order valence-electron chi connectivity index (χ2n) is 4.94. The van der Waals surface area contributed by atoms with Crippen LogP contribution in [0.5, 0.6) is 0 Å². The second-order valence-corrected chi connectivity index (χ2v) is 6.24. The van der Waals surface area contributed by atoms with E-state index in [1.54, 1.807) is 4.57 Å². The molecule has 1 aliphatic rings. The zero-order valence-corrected chi connectivity index (χ0v) is 11.3. The summed E-state index contributed by atoms with van der Waals surface area (Å²) in [6.07, 6.45) is 4.45. The van der Waals surface area contributed by atoms with Crippen LogP contribution in [0.15, 0.2) is 16.2 Å². The van der Waals surface area contributed by atoms with Crippen molar-refractivity contribution in [1.82, 2.24) is 9.55 Å². The van der Waals surface area contributed by atoms with Gasteiger partial charge in [0.25, 0.3) is 5.56 Å². The topological polar surface area (TPSA) is 37.8 Å². The fourth-order valence-electron chi connectivity index (χ4n) is 2.79. The molecule has 1 saturated carbocycles. The Morgan fingerprint density at radius 3 is 2.88 bits per heavy atom. The maximum Gasteiger partial charge on any atom is 0.272 e. The van der Waals surface area contributed by atoms with Crippen molar-refractivity contribution in [2.45, 2.75) is 38.1 Å². The van der Waals surface area contributed by atoms with E-state index in [1.807, 2.05) is 11.4 Å². The minimum atomic E-state index is -0.0944. The predicted octanol–water partition coefficient (Wildman–Crippen LogP) is 3.41. The molecule has 3 rings (SSSR count). The molecule has 0 atom stereocenters. The van der Waals surface area contributed by atoms with Gasteiger partial charge in [0, 0.05) is 5.54 Å². The first-order valence-electron chi connectivity index (χ1n) is 5.85. The van der Waals surface area contributed by atoms with Gasteiger partial charge in [-0.1, -0.05) is 12.8 Å². The molecule has 2 aromatic heterocycles. The highest BCUT2D eigenvalue weighted by molar-refractivity contribution is 7.71. The SMILES string of the molecule is CC1(n2c(=S)[nH]c3ccsc3c2=O)CCCC1. The number of nitrogens with one attached hydrogen (secondary N) is 1. The summed E-state index contributed by atoms with van der Waals surface area (Å²) in [5.74, 6) is 0. The largest absolute Gasteiger partial charge is 0.331 e. The molecular weight excluding hydrogens is 252 g/mol. The summed E-state index contributed by atoms with van der Waals surface area (Å²) in [5, 5.41) is 1.93. The highest BCUT2D eigenvalue weighted by Crippen LogP contribution is 2.35. The molecule has 0 amide bonds. The maximum absolute atomic E-state index is 12.5. The zero-order chi connectivity index (χ0) is 12.0. The minimum Gasteiger partial charge on any atom is -0.331 e. The molecule has 3 nitrogen and oxygen atoms in total. The quantitative estimate of drug-likeness (QED) is 0.803. The van der Waals surface area contributed by atoms with Gasteiger partial charge < -0.3 is 4.98 Å². The Morgan fingerprint density at radius 1 is 1.47 bits per heavy atom. The molecule has 1 fully saturated rings. The number of aromatic amines is 1. The lowest BCUT2D eigenvalue weighted by atomic mass is 10.0. The molecule has 0 spiro atoms. The lowest BCUT2D eigenvalue weighted by molar-refractivity contribution is 0.313. The van der Waals surface area contributed by atoms with Crippen LogP contribution in [0.25, 0.3) is 10.2 Å². The van der Waals surface area contributed by atoms with Crippen LogP contribution in [0.1, 0.15) is 32.6 Å². The number of fused-ring (bicyclic) bond motifs is 1. The van der Waals surface area contributed by atoms with Crippen molar-refractivity contribution < 1.29 is 0 Å². The monoisotopic (exact) mass is 266 g/mol. The Hall–Kier alpha value is -0.940. The van der Waals surface area contributed by atoms with Gasteiger partial charge in [-0.3, -0.25) is 9.36 Å². The van der Waals surface area contributed by atoms with Crippen LogP contribution < -0.4 is 5.56 Å². The number of rotatable bonds is 1. The van der Waals surface area contributed by atoms with Crippen LogP contribution in [-0.4, -0.2) is 9.55 Å². The van der Waals surface area contributed by atoms with Crippen molar-refractivity contribution in [2.24, 2.45) is 0 Å². The van der Waals surface area contributed by atoms with E-state index < -0.39 is 0 Å². The first kappa shape index (κ1) is 11.2. The Morgan fingerprint density at radius 2 is 2.18 bits per heavy atom. The van der Waals surface area contributed by atoms with Crippen LogP contribution in [0.3, 0.4) is 0 Å². The predicted molar refractivity (Wildman–Crippen MR) is 73.4 cm³/mol. The van der Waals surface area contributed by atoms with E-state index in [0.717, 1.165) is 23.1 Å². The lowest BCUT2D eigenvalue weighted by Crippen LogP contribution is -2.37. The Bertz CT molecular complexity index is 674. The molecule has 0 bridgehead atoms. The van der Waals surface area contributed by atoms with Crippen molar-refractivity contribution in [1.29, 1.82) is 0 Å². The zero-order valence-electron chi connectivity index (χ0n) is 9.66. The van der Waals surface area contributed by atoms with Gasteiger partial charge in [-0.15, -0.1) is 11.3 Å². The molecule has 17 heavy (non-hydrogen) atoms. The third-order valence-corrected chi connectivity index (χ3v) is 4.91. The minimum absolute atomic E-state index is 0.0724. The van der Waals surface area contributed by atoms with Gasteiger partial charge >= 0.3 is 0 Å². The standard InChI is InChI=1S/C12H14N2OS2/c1-12(5-2-3-6-12)14-10(15)9-8(4-7-17-9)13-11(14)16/h4,7H,2-3,5-6H2,1H3,(H,13,16). The van der Waals surface area contributed by atoms with Crippen LogP contribution >= 0.6 is 23.6 Å². The van der Waals surface area contributed by atoms with Gasteiger partial charge in [-0.2, -0.15) is 0 Å². The molecule has 2 aromatic rings. The van der Waals surface area contributed by atoms with Gasteiger partial charge in [-0.25, -0.2) is 0 Å². The van der Waals surface area contributed by atoms with E-state index in [1.165, 1.54) is 24.2 Å². The average Bonchev–Trinajstić information content (AvgIpc) is 2.87. The second kappa shape index (κ2) is 3.78. The average molecular weight is 266 g/mol. The van der Waals surface area contributed by atoms with Crippen molar-refractivity contribution in [2.75, 3.05) is 0 Å². The van der Waals surface area contributed by atoms with Gasteiger partial charge in [0.05, 0.1) is 5.52 Å². The highest BCUT2D eigenvalue weighted by Gasteiger charge is 2.32. The molecule has 5 heteroatoms.